The molecule has 2 aliphatic rings. The number of nitriles is 1. The minimum atomic E-state index is -0.737. The summed E-state index contributed by atoms with van der Waals surface area (Å²) in [4.78, 5) is 12.8. The molecule has 54 heavy (non-hydrogen) atoms. The molecule has 0 saturated heterocycles. The Labute approximate surface area is 314 Å². The number of benzene rings is 6. The molecule has 1 atom stereocenters. The molecule has 5 heterocycles. The van der Waals surface area contributed by atoms with Crippen LogP contribution in [0.4, 0.5) is 0 Å². The van der Waals surface area contributed by atoms with Gasteiger partial charge in [-0.2, -0.15) is 5.26 Å². The van der Waals surface area contributed by atoms with E-state index in [2.05, 4.69) is 155 Å². The van der Waals surface area contributed by atoms with Crippen molar-refractivity contribution in [3.63, 3.8) is 0 Å². The van der Waals surface area contributed by atoms with E-state index >= 15 is 0 Å². The van der Waals surface area contributed by atoms with E-state index in [-0.39, 0.29) is 0 Å². The minimum Gasteiger partial charge on any atom is -0.309 e. The van der Waals surface area contributed by atoms with Crippen molar-refractivity contribution < 1.29 is 0 Å². The van der Waals surface area contributed by atoms with Gasteiger partial charge in [-0.3, -0.25) is 9.97 Å². The first-order valence-corrected chi connectivity index (χ1v) is 18.9. The highest BCUT2D eigenvalue weighted by atomic mass is 32.2. The summed E-state index contributed by atoms with van der Waals surface area (Å²) in [6.45, 7) is 0. The van der Waals surface area contributed by atoms with Crippen LogP contribution in [-0.4, -0.2) is 19.1 Å². The molecule has 1 aliphatic heterocycles. The largest absolute Gasteiger partial charge is 0.309 e. The number of nitrogens with zero attached hydrogens (tertiary/aromatic N) is 5. The smallest absolute Gasteiger partial charge is 0.0991 e. The quantitative estimate of drug-likeness (QED) is 0.180. The number of aromatic nitrogens is 4. The Balaban J connectivity index is 1.24. The number of fused-ring (bicyclic) bond motifs is 15. The standard InChI is InChI=1S/C48H27N5S/c49-27-29-22-23-41-34(25-29)33-13-3-7-18-40(33)53(41)42-19-9-21-44-45(42)48(35-14-4-8-20-43(35)54-44)36-15-10-24-50-46(36)47-37(48)26-30(28-51-47)52-38-16-5-1-11-31(38)32-12-2-6-17-39(32)52/h1-26,28H. The molecular formula is C48H27N5S. The molecule has 6 aromatic carbocycles. The van der Waals surface area contributed by atoms with Crippen LogP contribution in [-0.2, 0) is 5.41 Å². The van der Waals surface area contributed by atoms with E-state index in [1.165, 1.54) is 31.7 Å². The summed E-state index contributed by atoms with van der Waals surface area (Å²) < 4.78 is 4.76. The lowest BCUT2D eigenvalue weighted by Crippen LogP contribution is -2.33. The molecule has 4 aromatic heterocycles. The summed E-state index contributed by atoms with van der Waals surface area (Å²) in [7, 11) is 0. The van der Waals surface area contributed by atoms with Gasteiger partial charge in [0.05, 0.1) is 68.1 Å². The van der Waals surface area contributed by atoms with Crippen LogP contribution in [0.3, 0.4) is 0 Å². The molecule has 0 radical (unpaired) electrons. The van der Waals surface area contributed by atoms with Gasteiger partial charge in [-0.1, -0.05) is 96.7 Å². The van der Waals surface area contributed by atoms with Crippen LogP contribution >= 0.6 is 11.8 Å². The van der Waals surface area contributed by atoms with Crippen LogP contribution < -0.4 is 0 Å². The van der Waals surface area contributed by atoms with Crippen molar-refractivity contribution in [1.29, 1.82) is 5.26 Å². The van der Waals surface area contributed by atoms with Crippen molar-refractivity contribution in [2.45, 2.75) is 15.2 Å². The minimum absolute atomic E-state index is 0.648. The summed E-state index contributed by atoms with van der Waals surface area (Å²) in [6.07, 6.45) is 3.91. The van der Waals surface area contributed by atoms with Crippen molar-refractivity contribution in [3.05, 3.63) is 192 Å². The molecule has 6 heteroatoms. The predicted octanol–water partition coefficient (Wildman–Crippen LogP) is 11.4. The Hall–Kier alpha value is -6.94. The van der Waals surface area contributed by atoms with Gasteiger partial charge in [0.2, 0.25) is 0 Å². The van der Waals surface area contributed by atoms with Crippen LogP contribution in [0.25, 0.3) is 66.4 Å². The lowest BCUT2D eigenvalue weighted by atomic mass is 9.67. The zero-order valence-corrected chi connectivity index (χ0v) is 29.5. The molecule has 1 unspecified atom stereocenters. The van der Waals surface area contributed by atoms with E-state index in [1.54, 1.807) is 0 Å². The van der Waals surface area contributed by atoms with Crippen LogP contribution in [0.5, 0.6) is 0 Å². The lowest BCUT2D eigenvalue weighted by molar-refractivity contribution is 0.712. The van der Waals surface area contributed by atoms with Gasteiger partial charge < -0.3 is 9.13 Å². The Morgan fingerprint density at radius 2 is 1.15 bits per heavy atom. The monoisotopic (exact) mass is 705 g/mol. The maximum Gasteiger partial charge on any atom is 0.0991 e. The molecule has 250 valence electrons. The highest BCUT2D eigenvalue weighted by Crippen LogP contribution is 2.63. The lowest BCUT2D eigenvalue weighted by Gasteiger charge is -2.40. The fraction of sp³-hybridized carbons (Fsp3) is 0.0208. The molecule has 1 spiro atoms. The van der Waals surface area contributed by atoms with Gasteiger partial charge >= 0.3 is 0 Å². The molecule has 5 nitrogen and oxygen atoms in total. The fourth-order valence-electron chi connectivity index (χ4n) is 9.44. The number of hydrogen-bond acceptors (Lipinski definition) is 4. The third-order valence-corrected chi connectivity index (χ3v) is 12.6. The zero-order valence-electron chi connectivity index (χ0n) is 28.7. The van der Waals surface area contributed by atoms with Gasteiger partial charge in [-0.05, 0) is 77.9 Å². The van der Waals surface area contributed by atoms with Gasteiger partial charge in [0.15, 0.2) is 0 Å². The SMILES string of the molecule is N#Cc1ccc2c(c1)c1ccccc1n2-c1cccc2c1C1(c3ccccc3S2)c2cccnc2-c2ncc(-n3c4ccccc4c4ccccc43)cc21. The second kappa shape index (κ2) is 10.8. The summed E-state index contributed by atoms with van der Waals surface area (Å²) in [5.41, 5.74) is 12.9. The molecule has 10 aromatic rings. The topological polar surface area (TPSA) is 59.4 Å². The molecule has 0 fully saturated rings. The summed E-state index contributed by atoms with van der Waals surface area (Å²) in [5, 5.41) is 14.5. The number of para-hydroxylation sites is 3. The van der Waals surface area contributed by atoms with Crippen molar-refractivity contribution in [2.24, 2.45) is 0 Å². The van der Waals surface area contributed by atoms with E-state index < -0.39 is 5.41 Å². The van der Waals surface area contributed by atoms with Crippen molar-refractivity contribution in [1.82, 2.24) is 19.1 Å². The third-order valence-electron chi connectivity index (χ3n) is 11.5. The fourth-order valence-corrected chi connectivity index (χ4v) is 10.7. The van der Waals surface area contributed by atoms with Crippen LogP contribution in [0.2, 0.25) is 0 Å². The summed E-state index contributed by atoms with van der Waals surface area (Å²) in [5.74, 6) is 0. The van der Waals surface area contributed by atoms with Gasteiger partial charge in [0.1, 0.15) is 0 Å². The van der Waals surface area contributed by atoms with Crippen LogP contribution in [0, 0.1) is 11.3 Å². The zero-order chi connectivity index (χ0) is 35.5. The van der Waals surface area contributed by atoms with Gasteiger partial charge in [-0.25, -0.2) is 0 Å². The van der Waals surface area contributed by atoms with Crippen molar-refractivity contribution >= 4 is 55.4 Å². The van der Waals surface area contributed by atoms with Crippen LogP contribution in [0.15, 0.2) is 174 Å². The first kappa shape index (κ1) is 29.6. The molecule has 0 bridgehead atoms. The average molecular weight is 706 g/mol. The highest BCUT2D eigenvalue weighted by molar-refractivity contribution is 7.99. The molecule has 12 rings (SSSR count). The Morgan fingerprint density at radius 1 is 0.519 bits per heavy atom. The van der Waals surface area contributed by atoms with E-state index in [4.69, 9.17) is 9.97 Å². The summed E-state index contributed by atoms with van der Waals surface area (Å²) in [6, 6.07) is 56.5. The molecule has 1 aliphatic carbocycles. The molecule has 0 amide bonds. The first-order chi connectivity index (χ1) is 26.8. The summed E-state index contributed by atoms with van der Waals surface area (Å²) >= 11 is 1.82. The highest BCUT2D eigenvalue weighted by Gasteiger charge is 2.53. The van der Waals surface area contributed by atoms with Gasteiger partial charge in [0.25, 0.3) is 0 Å². The average Bonchev–Trinajstić information content (AvgIpc) is 3.85. The molecule has 0 N–H and O–H groups in total. The Morgan fingerprint density at radius 3 is 1.93 bits per heavy atom. The Kier molecular flexibility index (Phi) is 5.92. The van der Waals surface area contributed by atoms with Gasteiger partial charge in [-0.15, -0.1) is 0 Å². The molecular weight excluding hydrogens is 679 g/mol. The van der Waals surface area contributed by atoms with Crippen LogP contribution in [0.1, 0.15) is 27.8 Å². The van der Waals surface area contributed by atoms with E-state index in [0.717, 1.165) is 66.7 Å². The number of hydrogen-bond donors (Lipinski definition) is 0. The molecule has 0 saturated carbocycles. The maximum atomic E-state index is 9.90. The third kappa shape index (κ3) is 3.69. The first-order valence-electron chi connectivity index (χ1n) is 18.0. The van der Waals surface area contributed by atoms with E-state index in [1.807, 2.05) is 36.3 Å². The second-order valence-electron chi connectivity index (χ2n) is 14.1. The number of rotatable bonds is 2. The van der Waals surface area contributed by atoms with Crippen molar-refractivity contribution in [2.75, 3.05) is 0 Å². The predicted molar refractivity (Wildman–Crippen MR) is 217 cm³/mol. The normalized spacial score (nSPS) is 15.4. The second-order valence-corrected chi connectivity index (χ2v) is 15.1. The maximum absolute atomic E-state index is 9.90. The van der Waals surface area contributed by atoms with E-state index in [9.17, 15) is 5.26 Å². The Bertz CT molecular complexity index is 3240. The number of pyridine rings is 2. The van der Waals surface area contributed by atoms with Gasteiger partial charge in [0, 0.05) is 48.7 Å². The van der Waals surface area contributed by atoms with E-state index in [0.29, 0.717) is 5.56 Å². The van der Waals surface area contributed by atoms with Crippen molar-refractivity contribution in [3.8, 4) is 28.8 Å².